The highest BCUT2D eigenvalue weighted by atomic mass is 35.5. The van der Waals surface area contributed by atoms with Gasteiger partial charge in [0.1, 0.15) is 36.5 Å². The lowest BCUT2D eigenvalue weighted by molar-refractivity contribution is -0.146. The van der Waals surface area contributed by atoms with Crippen LogP contribution in [0, 0.1) is 13.8 Å². The Bertz CT molecular complexity index is 2590. The maximum atomic E-state index is 14.6. The van der Waals surface area contributed by atoms with Gasteiger partial charge in [-0.2, -0.15) is 0 Å². The molecule has 0 saturated heterocycles. The molecule has 10 nitrogen and oxygen atoms in total. The molecular weight excluding hydrogens is 837 g/mol. The van der Waals surface area contributed by atoms with Gasteiger partial charge in [0.05, 0.1) is 23.2 Å². The average Bonchev–Trinajstić information content (AvgIpc) is 3.30. The van der Waals surface area contributed by atoms with Crippen molar-refractivity contribution in [2.24, 2.45) is 0 Å². The van der Waals surface area contributed by atoms with Crippen LogP contribution in [-0.2, 0) is 40.3 Å². The van der Waals surface area contributed by atoms with E-state index in [9.17, 15) is 9.59 Å². The number of amides is 1. The van der Waals surface area contributed by atoms with Gasteiger partial charge in [0, 0.05) is 36.5 Å². The molecule has 0 spiro atoms. The van der Waals surface area contributed by atoms with Crippen LogP contribution in [0.1, 0.15) is 70.1 Å². The number of carbonyl (C=O) groups is 2. The fourth-order valence-electron chi connectivity index (χ4n) is 8.23. The molecule has 1 N–H and O–H groups in total. The minimum absolute atomic E-state index is 0.0837. The Morgan fingerprint density at radius 3 is 2.40 bits per heavy atom. The van der Waals surface area contributed by atoms with Crippen molar-refractivity contribution in [2.75, 3.05) is 13.7 Å². The summed E-state index contributed by atoms with van der Waals surface area (Å²) in [5, 5.41) is 4.06. The lowest BCUT2D eigenvalue weighted by atomic mass is 9.89. The van der Waals surface area contributed by atoms with E-state index in [0.717, 1.165) is 56.8 Å². The highest BCUT2D eigenvalue weighted by Gasteiger charge is 2.39. The van der Waals surface area contributed by atoms with Crippen LogP contribution in [0.25, 0.3) is 0 Å². The van der Waals surface area contributed by atoms with Crippen molar-refractivity contribution in [1.29, 1.82) is 0 Å². The number of ether oxygens (including phenoxy) is 5. The first-order valence-electron chi connectivity index (χ1n) is 21.1. The molecule has 0 radical (unpaired) electrons. The predicted molar refractivity (Wildman–Crippen MR) is 243 cm³/mol. The number of methoxy groups -OCH3 is 1. The molecule has 1 amide bonds. The van der Waals surface area contributed by atoms with Gasteiger partial charge in [-0.05, 0) is 115 Å². The third-order valence-electron chi connectivity index (χ3n) is 11.8. The summed E-state index contributed by atoms with van der Waals surface area (Å²) in [6.07, 6.45) is 2.74. The molecule has 324 valence electrons. The number of aryl methyl sites for hydroxylation is 1. The number of aromatic nitrogens is 1. The number of halogens is 2. The quantitative estimate of drug-likeness (QED) is 0.107. The Balaban J connectivity index is 1.00. The van der Waals surface area contributed by atoms with Gasteiger partial charge in [-0.3, -0.25) is 14.7 Å². The van der Waals surface area contributed by atoms with Crippen LogP contribution in [0.5, 0.6) is 28.7 Å². The molecule has 6 aromatic rings. The molecule has 0 aliphatic carbocycles. The zero-order valence-corrected chi connectivity index (χ0v) is 37.1. The second-order valence-electron chi connectivity index (χ2n) is 15.9. The van der Waals surface area contributed by atoms with Crippen LogP contribution in [0.15, 0.2) is 121 Å². The second kappa shape index (κ2) is 19.5. The van der Waals surface area contributed by atoms with E-state index in [4.69, 9.17) is 46.9 Å². The molecule has 1 unspecified atom stereocenters. The van der Waals surface area contributed by atoms with E-state index in [-0.39, 0.29) is 24.5 Å². The zero-order valence-electron chi connectivity index (χ0n) is 35.6. The van der Waals surface area contributed by atoms with E-state index >= 15 is 0 Å². The SMILES string of the molecule is CC[C@@H](c1ccccc1)N1Cc2cc3c(cc2C[C@H]1C(=O)NC(Cc1ccc(Oc2ccnc(C)c2C)cc1)C(=O)OC)OC[C@H](c1cccc(OCc2ccc(Cl)c(Cl)c2)c1)O3. The smallest absolute Gasteiger partial charge is 0.328 e. The maximum absolute atomic E-state index is 14.6. The largest absolute Gasteiger partial charge is 0.489 e. The molecule has 5 aromatic carbocycles. The normalized spacial score (nSPS) is 16.6. The lowest BCUT2D eigenvalue weighted by Crippen LogP contribution is -2.55. The number of nitrogens with one attached hydrogen (secondary N) is 1. The number of hydrogen-bond donors (Lipinski definition) is 1. The Morgan fingerprint density at radius 1 is 0.857 bits per heavy atom. The van der Waals surface area contributed by atoms with Crippen LogP contribution < -0.4 is 24.3 Å². The molecule has 12 heteroatoms. The molecule has 8 rings (SSSR count). The number of carbonyl (C=O) groups excluding carboxylic acids is 2. The first kappa shape index (κ1) is 43.6. The Morgan fingerprint density at radius 2 is 1.63 bits per heavy atom. The highest BCUT2D eigenvalue weighted by Crippen LogP contribution is 2.43. The topological polar surface area (TPSA) is 108 Å². The molecule has 0 bridgehead atoms. The third-order valence-corrected chi connectivity index (χ3v) is 12.5. The van der Waals surface area contributed by atoms with Crippen molar-refractivity contribution in [1.82, 2.24) is 15.2 Å². The van der Waals surface area contributed by atoms with Crippen molar-refractivity contribution in [2.45, 2.75) is 77.4 Å². The highest BCUT2D eigenvalue weighted by molar-refractivity contribution is 6.42. The minimum Gasteiger partial charge on any atom is -0.489 e. The standard InChI is InChI=1S/C51H49Cl2N3O7/c1-5-44(35-10-7-6-8-11-35)56-28-38-27-48-47(61-30-49(63-48)36-12-9-13-40(24-36)60-29-34-16-19-41(52)42(53)22-34)26-37(38)25-45(56)50(57)55-43(51(58)59-4)23-33-14-17-39(18-15-33)62-46-20-21-54-32(3)31(46)2/h6-22,24,26-27,43-45,49H,5,23,25,28-30H2,1-4H3,(H,55,57)/t43?,44-,45-,49+/m0/s1. The molecule has 63 heavy (non-hydrogen) atoms. The second-order valence-corrected chi connectivity index (χ2v) is 16.7. The van der Waals surface area contributed by atoms with Crippen LogP contribution in [0.3, 0.4) is 0 Å². The number of fused-ring (bicyclic) bond motifs is 2. The van der Waals surface area contributed by atoms with Gasteiger partial charge in [0.25, 0.3) is 0 Å². The lowest BCUT2D eigenvalue weighted by Gasteiger charge is -2.42. The van der Waals surface area contributed by atoms with Crippen molar-refractivity contribution in [3.8, 4) is 28.7 Å². The van der Waals surface area contributed by atoms with Crippen molar-refractivity contribution in [3.63, 3.8) is 0 Å². The monoisotopic (exact) mass is 885 g/mol. The van der Waals surface area contributed by atoms with Gasteiger partial charge in [0.15, 0.2) is 17.6 Å². The summed E-state index contributed by atoms with van der Waals surface area (Å²) in [6.45, 7) is 7.13. The number of rotatable bonds is 14. The van der Waals surface area contributed by atoms with Crippen molar-refractivity contribution < 1.29 is 33.3 Å². The number of nitrogens with zero attached hydrogens (tertiary/aromatic N) is 2. The fraction of sp³-hybridized carbons (Fsp3) is 0.275. The van der Waals surface area contributed by atoms with Gasteiger partial charge in [-0.25, -0.2) is 4.79 Å². The Kier molecular flexibility index (Phi) is 13.5. The van der Waals surface area contributed by atoms with Gasteiger partial charge in [-0.1, -0.05) is 90.8 Å². The van der Waals surface area contributed by atoms with Gasteiger partial charge in [0.2, 0.25) is 5.91 Å². The van der Waals surface area contributed by atoms with E-state index in [0.29, 0.717) is 59.2 Å². The van der Waals surface area contributed by atoms with E-state index in [1.165, 1.54) is 7.11 Å². The van der Waals surface area contributed by atoms with Gasteiger partial charge >= 0.3 is 5.97 Å². The van der Waals surface area contributed by atoms with Crippen LogP contribution in [0.4, 0.5) is 0 Å². The summed E-state index contributed by atoms with van der Waals surface area (Å²) in [5.74, 6) is 2.53. The third kappa shape index (κ3) is 10.1. The molecule has 1 aromatic heterocycles. The molecule has 0 saturated carbocycles. The summed E-state index contributed by atoms with van der Waals surface area (Å²) in [7, 11) is 1.34. The van der Waals surface area contributed by atoms with Crippen LogP contribution in [-0.4, -0.2) is 47.6 Å². The average molecular weight is 887 g/mol. The van der Waals surface area contributed by atoms with E-state index < -0.39 is 18.1 Å². The van der Waals surface area contributed by atoms with E-state index in [1.807, 2.05) is 105 Å². The molecule has 2 aliphatic heterocycles. The first-order valence-corrected chi connectivity index (χ1v) is 21.8. The zero-order chi connectivity index (χ0) is 44.0. The van der Waals surface area contributed by atoms with E-state index in [2.05, 4.69) is 34.3 Å². The predicted octanol–water partition coefficient (Wildman–Crippen LogP) is 10.7. The van der Waals surface area contributed by atoms with Crippen molar-refractivity contribution in [3.05, 3.63) is 176 Å². The Hall–Kier alpha value is -6.07. The fourth-order valence-corrected chi connectivity index (χ4v) is 8.55. The summed E-state index contributed by atoms with van der Waals surface area (Å²) in [6, 6.07) is 35.2. The molecular formula is C51H49Cl2N3O7. The molecule has 0 fully saturated rings. The van der Waals surface area contributed by atoms with Gasteiger partial charge in [-0.15, -0.1) is 0 Å². The van der Waals surface area contributed by atoms with Crippen molar-refractivity contribution >= 4 is 35.1 Å². The van der Waals surface area contributed by atoms with Crippen LogP contribution in [0.2, 0.25) is 10.0 Å². The first-order chi connectivity index (χ1) is 30.6. The number of esters is 1. The summed E-state index contributed by atoms with van der Waals surface area (Å²) in [5.41, 5.74) is 7.64. The van der Waals surface area contributed by atoms with Gasteiger partial charge < -0.3 is 29.0 Å². The molecule has 4 atom stereocenters. The van der Waals surface area contributed by atoms with Crippen LogP contribution >= 0.6 is 23.2 Å². The summed E-state index contributed by atoms with van der Waals surface area (Å²) >= 11 is 12.3. The Labute approximate surface area is 378 Å². The molecule has 2 aliphatic rings. The summed E-state index contributed by atoms with van der Waals surface area (Å²) in [4.78, 5) is 34.5. The number of hydrogen-bond acceptors (Lipinski definition) is 9. The minimum atomic E-state index is -0.920. The summed E-state index contributed by atoms with van der Waals surface area (Å²) < 4.78 is 30.5. The molecule has 3 heterocycles. The number of pyridine rings is 1. The number of benzene rings is 5. The van der Waals surface area contributed by atoms with E-state index in [1.54, 1.807) is 18.3 Å². The maximum Gasteiger partial charge on any atom is 0.328 e.